The number of rotatable bonds is 3. The molecule has 0 radical (unpaired) electrons. The smallest absolute Gasteiger partial charge is 0.194 e. The molecular formula is C11H14F3N. The van der Waals surface area contributed by atoms with Crippen molar-refractivity contribution in [2.75, 3.05) is 0 Å². The maximum atomic E-state index is 13.3. The molecule has 0 aliphatic rings. The van der Waals surface area contributed by atoms with Crippen LogP contribution >= 0.6 is 0 Å². The van der Waals surface area contributed by atoms with Crippen molar-refractivity contribution in [1.82, 2.24) is 0 Å². The summed E-state index contributed by atoms with van der Waals surface area (Å²) in [5.74, 6) is -3.55. The molecule has 0 heterocycles. The van der Waals surface area contributed by atoms with Crippen LogP contribution in [0, 0.1) is 23.4 Å². The zero-order valence-electron chi connectivity index (χ0n) is 8.73. The molecule has 0 amide bonds. The first-order valence-electron chi connectivity index (χ1n) is 4.82. The lowest BCUT2D eigenvalue weighted by Gasteiger charge is -2.15. The van der Waals surface area contributed by atoms with Crippen LogP contribution < -0.4 is 5.73 Å². The lowest BCUT2D eigenvalue weighted by molar-refractivity contribution is 0.424. The second kappa shape index (κ2) is 4.66. The summed E-state index contributed by atoms with van der Waals surface area (Å²) in [6, 6.07) is 1.49. The lowest BCUT2D eigenvalue weighted by atomic mass is 9.97. The highest BCUT2D eigenvalue weighted by molar-refractivity contribution is 5.23. The summed E-state index contributed by atoms with van der Waals surface area (Å²) in [6.45, 7) is 3.86. The largest absolute Gasteiger partial charge is 0.324 e. The third kappa shape index (κ3) is 2.72. The van der Waals surface area contributed by atoms with Gasteiger partial charge in [0, 0.05) is 11.6 Å². The molecule has 1 aromatic rings. The molecule has 1 rings (SSSR count). The summed E-state index contributed by atoms with van der Waals surface area (Å²) >= 11 is 0. The van der Waals surface area contributed by atoms with E-state index >= 15 is 0 Å². The minimum atomic E-state index is -1.45. The van der Waals surface area contributed by atoms with E-state index in [0.29, 0.717) is 6.42 Å². The van der Waals surface area contributed by atoms with Crippen molar-refractivity contribution in [2.24, 2.45) is 11.7 Å². The highest BCUT2D eigenvalue weighted by atomic mass is 19.2. The summed E-state index contributed by atoms with van der Waals surface area (Å²) in [5, 5.41) is 0. The van der Waals surface area contributed by atoms with Crippen LogP contribution in [0.1, 0.15) is 31.9 Å². The molecule has 84 valence electrons. The predicted octanol–water partition coefficient (Wildman–Crippen LogP) is 3.15. The van der Waals surface area contributed by atoms with E-state index in [1.54, 1.807) is 0 Å². The summed E-state index contributed by atoms with van der Waals surface area (Å²) in [6.07, 6.45) is 0.530. The zero-order valence-corrected chi connectivity index (χ0v) is 8.73. The summed E-state index contributed by atoms with van der Waals surface area (Å²) in [4.78, 5) is 0. The molecule has 0 aliphatic heterocycles. The molecule has 0 unspecified atom stereocenters. The molecule has 15 heavy (non-hydrogen) atoms. The minimum Gasteiger partial charge on any atom is -0.324 e. The van der Waals surface area contributed by atoms with Crippen LogP contribution in [0.3, 0.4) is 0 Å². The highest BCUT2D eigenvalue weighted by Gasteiger charge is 2.18. The number of hydrogen-bond donors (Lipinski definition) is 1. The molecule has 4 heteroatoms. The fraction of sp³-hybridized carbons (Fsp3) is 0.455. The van der Waals surface area contributed by atoms with Crippen LogP contribution in [-0.2, 0) is 0 Å². The number of nitrogens with two attached hydrogens (primary N) is 1. The van der Waals surface area contributed by atoms with Crippen LogP contribution in [0.4, 0.5) is 13.2 Å². The first kappa shape index (κ1) is 12.0. The van der Waals surface area contributed by atoms with Crippen molar-refractivity contribution in [1.29, 1.82) is 0 Å². The fourth-order valence-corrected chi connectivity index (χ4v) is 1.46. The van der Waals surface area contributed by atoms with Crippen LogP contribution in [0.25, 0.3) is 0 Å². The van der Waals surface area contributed by atoms with Gasteiger partial charge in [-0.25, -0.2) is 13.2 Å². The molecule has 2 N–H and O–H groups in total. The van der Waals surface area contributed by atoms with Gasteiger partial charge in [-0.2, -0.15) is 0 Å². The molecule has 0 saturated carbocycles. The normalized spacial score (nSPS) is 13.3. The molecule has 1 aromatic carbocycles. The van der Waals surface area contributed by atoms with Gasteiger partial charge < -0.3 is 5.73 Å². The van der Waals surface area contributed by atoms with Gasteiger partial charge in [-0.3, -0.25) is 0 Å². The minimum absolute atomic E-state index is 0.0302. The first-order valence-corrected chi connectivity index (χ1v) is 4.82. The standard InChI is InChI=1S/C11H14F3N/c1-6(2)5-9(15)7-3-4-8(12)11(14)10(7)13/h3-4,6,9H,5,15H2,1-2H3/t9-/m0/s1. The van der Waals surface area contributed by atoms with Crippen molar-refractivity contribution in [2.45, 2.75) is 26.3 Å². The van der Waals surface area contributed by atoms with Crippen molar-refractivity contribution >= 4 is 0 Å². The highest BCUT2D eigenvalue weighted by Crippen LogP contribution is 2.24. The van der Waals surface area contributed by atoms with E-state index in [4.69, 9.17) is 5.73 Å². The van der Waals surface area contributed by atoms with E-state index in [1.807, 2.05) is 13.8 Å². The molecule has 0 fully saturated rings. The van der Waals surface area contributed by atoms with Crippen LogP contribution in [0.2, 0.25) is 0 Å². The van der Waals surface area contributed by atoms with Crippen molar-refractivity contribution in [3.8, 4) is 0 Å². The molecule has 0 bridgehead atoms. The second-order valence-corrected chi connectivity index (χ2v) is 4.00. The van der Waals surface area contributed by atoms with Gasteiger partial charge in [-0.05, 0) is 18.4 Å². The maximum Gasteiger partial charge on any atom is 0.194 e. The number of benzene rings is 1. The van der Waals surface area contributed by atoms with E-state index in [9.17, 15) is 13.2 Å². The van der Waals surface area contributed by atoms with E-state index in [1.165, 1.54) is 6.07 Å². The van der Waals surface area contributed by atoms with Crippen LogP contribution in [0.5, 0.6) is 0 Å². The van der Waals surface area contributed by atoms with Gasteiger partial charge in [-0.15, -0.1) is 0 Å². The average molecular weight is 217 g/mol. The van der Waals surface area contributed by atoms with Gasteiger partial charge in [0.05, 0.1) is 0 Å². The fourth-order valence-electron chi connectivity index (χ4n) is 1.46. The molecule has 1 atom stereocenters. The Morgan fingerprint density at radius 1 is 1.13 bits per heavy atom. The monoisotopic (exact) mass is 217 g/mol. The first-order chi connectivity index (χ1) is 6.93. The zero-order chi connectivity index (χ0) is 11.6. The van der Waals surface area contributed by atoms with Crippen molar-refractivity contribution < 1.29 is 13.2 Å². The molecule has 0 aromatic heterocycles. The SMILES string of the molecule is CC(C)C[C@H](N)c1ccc(F)c(F)c1F. The van der Waals surface area contributed by atoms with Crippen LogP contribution in [-0.4, -0.2) is 0 Å². The Morgan fingerprint density at radius 2 is 1.73 bits per heavy atom. The van der Waals surface area contributed by atoms with Gasteiger partial charge in [0.25, 0.3) is 0 Å². The Morgan fingerprint density at radius 3 is 2.27 bits per heavy atom. The van der Waals surface area contributed by atoms with E-state index in [2.05, 4.69) is 0 Å². The van der Waals surface area contributed by atoms with Crippen molar-refractivity contribution in [3.63, 3.8) is 0 Å². The molecule has 0 aliphatic carbocycles. The van der Waals surface area contributed by atoms with Gasteiger partial charge >= 0.3 is 0 Å². The van der Waals surface area contributed by atoms with E-state index in [0.717, 1.165) is 6.07 Å². The summed E-state index contributed by atoms with van der Waals surface area (Å²) in [5.41, 5.74) is 5.72. The van der Waals surface area contributed by atoms with Gasteiger partial charge in [0.2, 0.25) is 0 Å². The second-order valence-electron chi connectivity index (χ2n) is 4.00. The third-order valence-electron chi connectivity index (χ3n) is 2.19. The Hall–Kier alpha value is -1.03. The predicted molar refractivity (Wildman–Crippen MR) is 52.7 cm³/mol. The Bertz CT molecular complexity index is 350. The number of hydrogen-bond acceptors (Lipinski definition) is 1. The topological polar surface area (TPSA) is 26.0 Å². The number of halogens is 3. The van der Waals surface area contributed by atoms with Gasteiger partial charge in [0.15, 0.2) is 17.5 Å². The lowest BCUT2D eigenvalue weighted by Crippen LogP contribution is -2.15. The van der Waals surface area contributed by atoms with Crippen molar-refractivity contribution in [3.05, 3.63) is 35.1 Å². The quantitative estimate of drug-likeness (QED) is 0.773. The van der Waals surface area contributed by atoms with E-state index < -0.39 is 23.5 Å². The Balaban J connectivity index is 3.00. The summed E-state index contributed by atoms with van der Waals surface area (Å²) < 4.78 is 38.8. The van der Waals surface area contributed by atoms with Crippen LogP contribution in [0.15, 0.2) is 12.1 Å². The third-order valence-corrected chi connectivity index (χ3v) is 2.19. The van der Waals surface area contributed by atoms with E-state index in [-0.39, 0.29) is 11.5 Å². The molecule has 0 saturated heterocycles. The maximum absolute atomic E-state index is 13.3. The molecule has 0 spiro atoms. The molecule has 1 nitrogen and oxygen atoms in total. The molecular weight excluding hydrogens is 203 g/mol. The Labute approximate surface area is 87.1 Å². The summed E-state index contributed by atoms with van der Waals surface area (Å²) in [7, 11) is 0. The Kier molecular flexibility index (Phi) is 3.74. The van der Waals surface area contributed by atoms with Gasteiger partial charge in [-0.1, -0.05) is 19.9 Å². The average Bonchev–Trinajstić information content (AvgIpc) is 2.13. The van der Waals surface area contributed by atoms with Gasteiger partial charge in [0.1, 0.15) is 0 Å².